The van der Waals surface area contributed by atoms with E-state index in [1.807, 2.05) is 11.0 Å². The third-order valence-electron chi connectivity index (χ3n) is 5.86. The highest BCUT2D eigenvalue weighted by Gasteiger charge is 2.34. The molecule has 0 atom stereocenters. The number of hydrogen-bond acceptors (Lipinski definition) is 7. The minimum absolute atomic E-state index is 0.354. The summed E-state index contributed by atoms with van der Waals surface area (Å²) in [6, 6.07) is 7.52. The van der Waals surface area contributed by atoms with Gasteiger partial charge < -0.3 is 19.6 Å². The van der Waals surface area contributed by atoms with Gasteiger partial charge in [0.05, 0.1) is 17.2 Å². The van der Waals surface area contributed by atoms with Gasteiger partial charge in [-0.2, -0.15) is 18.4 Å². The molecule has 3 heterocycles. The van der Waals surface area contributed by atoms with Gasteiger partial charge in [0.1, 0.15) is 18.0 Å². The molecule has 7 nitrogen and oxygen atoms in total. The van der Waals surface area contributed by atoms with E-state index in [4.69, 9.17) is 5.26 Å². The van der Waals surface area contributed by atoms with Crippen molar-refractivity contribution in [2.45, 2.75) is 6.18 Å². The third-order valence-corrected chi connectivity index (χ3v) is 5.86. The fourth-order valence-corrected chi connectivity index (χ4v) is 3.97. The van der Waals surface area contributed by atoms with Gasteiger partial charge in [-0.15, -0.1) is 0 Å². The molecule has 2 fully saturated rings. The van der Waals surface area contributed by atoms with Crippen LogP contribution in [0.15, 0.2) is 30.6 Å². The summed E-state index contributed by atoms with van der Waals surface area (Å²) >= 11 is 0. The molecule has 2 aliphatic rings. The molecular formula is C21H24F3N7. The molecule has 0 bridgehead atoms. The fourth-order valence-electron chi connectivity index (χ4n) is 3.97. The smallest absolute Gasteiger partial charge is 0.368 e. The van der Waals surface area contributed by atoms with Gasteiger partial charge in [0.25, 0.3) is 0 Å². The van der Waals surface area contributed by atoms with Crippen molar-refractivity contribution in [3.8, 4) is 6.07 Å². The van der Waals surface area contributed by atoms with Crippen LogP contribution in [0.25, 0.3) is 0 Å². The number of benzene rings is 1. The normalized spacial score (nSPS) is 18.2. The Labute approximate surface area is 179 Å². The summed E-state index contributed by atoms with van der Waals surface area (Å²) in [5, 5.41) is 8.99. The first-order chi connectivity index (χ1) is 14.8. The highest BCUT2D eigenvalue weighted by atomic mass is 19.4. The van der Waals surface area contributed by atoms with E-state index in [1.165, 1.54) is 6.07 Å². The molecule has 0 saturated carbocycles. The van der Waals surface area contributed by atoms with Crippen LogP contribution in [0.2, 0.25) is 0 Å². The number of alkyl halides is 3. The van der Waals surface area contributed by atoms with Crippen LogP contribution in [0.1, 0.15) is 11.1 Å². The first-order valence-electron chi connectivity index (χ1n) is 10.2. The minimum Gasteiger partial charge on any atom is -0.368 e. The molecule has 2 saturated heterocycles. The summed E-state index contributed by atoms with van der Waals surface area (Å²) in [5.74, 6) is 1.74. The highest BCUT2D eigenvalue weighted by molar-refractivity contribution is 5.57. The van der Waals surface area contributed by atoms with Gasteiger partial charge in [0, 0.05) is 64.1 Å². The van der Waals surface area contributed by atoms with Crippen LogP contribution >= 0.6 is 0 Å². The maximum absolute atomic E-state index is 13.3. The van der Waals surface area contributed by atoms with Crippen molar-refractivity contribution in [1.82, 2.24) is 14.9 Å². The number of aromatic nitrogens is 2. The van der Waals surface area contributed by atoms with Gasteiger partial charge in [-0.1, -0.05) is 0 Å². The number of nitriles is 1. The van der Waals surface area contributed by atoms with Crippen LogP contribution in [-0.2, 0) is 6.18 Å². The number of halogens is 3. The lowest BCUT2D eigenvalue weighted by Gasteiger charge is -2.37. The van der Waals surface area contributed by atoms with E-state index < -0.39 is 11.7 Å². The number of likely N-dealkylation sites (N-methyl/N-ethyl adjacent to an activating group) is 1. The average molecular weight is 431 g/mol. The molecule has 0 aliphatic carbocycles. The fraction of sp³-hybridized carbons (Fsp3) is 0.476. The summed E-state index contributed by atoms with van der Waals surface area (Å²) in [5.41, 5.74) is -0.762. The summed E-state index contributed by atoms with van der Waals surface area (Å²) in [6.45, 7) is 6.22. The van der Waals surface area contributed by atoms with Gasteiger partial charge in [0.15, 0.2) is 0 Å². The Morgan fingerprint density at radius 3 is 1.94 bits per heavy atom. The summed E-state index contributed by atoms with van der Waals surface area (Å²) < 4.78 is 39.8. The van der Waals surface area contributed by atoms with E-state index in [0.29, 0.717) is 31.9 Å². The second-order valence-corrected chi connectivity index (χ2v) is 7.84. The minimum atomic E-state index is -4.55. The van der Waals surface area contributed by atoms with Gasteiger partial charge in [-0.25, -0.2) is 9.97 Å². The lowest BCUT2D eigenvalue weighted by atomic mass is 10.1. The Hall–Kier alpha value is -3.06. The van der Waals surface area contributed by atoms with Gasteiger partial charge in [-0.3, -0.25) is 0 Å². The van der Waals surface area contributed by atoms with Crippen LogP contribution in [0.5, 0.6) is 0 Å². The molecule has 0 radical (unpaired) electrons. The molecule has 1 aromatic carbocycles. The zero-order chi connectivity index (χ0) is 22.0. The second kappa shape index (κ2) is 8.59. The molecule has 2 aromatic rings. The van der Waals surface area contributed by atoms with E-state index >= 15 is 0 Å². The number of hydrogen-bond donors (Lipinski definition) is 0. The van der Waals surface area contributed by atoms with Crippen LogP contribution in [0.3, 0.4) is 0 Å². The van der Waals surface area contributed by atoms with Crippen LogP contribution in [0.4, 0.5) is 30.5 Å². The molecule has 1 aromatic heterocycles. The second-order valence-electron chi connectivity index (χ2n) is 7.84. The molecule has 0 spiro atoms. The van der Waals surface area contributed by atoms with Crippen molar-refractivity contribution in [3.63, 3.8) is 0 Å². The van der Waals surface area contributed by atoms with Crippen LogP contribution in [-0.4, -0.2) is 74.3 Å². The molecule has 10 heteroatoms. The van der Waals surface area contributed by atoms with Crippen LogP contribution in [0, 0.1) is 11.3 Å². The van der Waals surface area contributed by atoms with Crippen molar-refractivity contribution < 1.29 is 13.2 Å². The Kier molecular flexibility index (Phi) is 5.87. The molecule has 0 amide bonds. The Bertz CT molecular complexity index is 956. The number of rotatable bonds is 3. The predicted octanol–water partition coefficient (Wildman–Crippen LogP) is 2.45. The van der Waals surface area contributed by atoms with Gasteiger partial charge in [0.2, 0.25) is 0 Å². The molecule has 164 valence electrons. The topological polar surface area (TPSA) is 62.5 Å². The van der Waals surface area contributed by atoms with Crippen molar-refractivity contribution in [1.29, 1.82) is 5.26 Å². The molecule has 0 N–H and O–H groups in total. The summed E-state index contributed by atoms with van der Waals surface area (Å²) in [6.07, 6.45) is -2.98. The summed E-state index contributed by atoms with van der Waals surface area (Å²) in [4.78, 5) is 17.4. The van der Waals surface area contributed by atoms with Crippen molar-refractivity contribution >= 4 is 17.3 Å². The van der Waals surface area contributed by atoms with Gasteiger partial charge in [-0.05, 0) is 25.2 Å². The van der Waals surface area contributed by atoms with Crippen LogP contribution < -0.4 is 14.7 Å². The Morgan fingerprint density at radius 1 is 0.839 bits per heavy atom. The Morgan fingerprint density at radius 2 is 1.39 bits per heavy atom. The quantitative estimate of drug-likeness (QED) is 0.740. The summed E-state index contributed by atoms with van der Waals surface area (Å²) in [7, 11) is 2.10. The zero-order valence-corrected chi connectivity index (χ0v) is 17.3. The third kappa shape index (κ3) is 4.66. The van der Waals surface area contributed by atoms with E-state index in [2.05, 4.69) is 31.7 Å². The van der Waals surface area contributed by atoms with Crippen molar-refractivity contribution in [2.24, 2.45) is 0 Å². The number of nitrogens with zero attached hydrogens (tertiary/aromatic N) is 7. The maximum atomic E-state index is 13.3. The van der Waals surface area contributed by atoms with Gasteiger partial charge >= 0.3 is 6.18 Å². The Balaban J connectivity index is 1.44. The number of anilines is 3. The predicted molar refractivity (Wildman–Crippen MR) is 112 cm³/mol. The average Bonchev–Trinajstić information content (AvgIpc) is 2.79. The first kappa shape index (κ1) is 21.2. The zero-order valence-electron chi connectivity index (χ0n) is 17.3. The van der Waals surface area contributed by atoms with Crippen molar-refractivity contribution in [2.75, 3.05) is 74.1 Å². The monoisotopic (exact) mass is 431 g/mol. The van der Waals surface area contributed by atoms with E-state index in [1.54, 1.807) is 18.5 Å². The standard InChI is InChI=1S/C21H24F3N7/c1-28-4-6-30(7-5-28)19-13-20(27-15-26-19)31-10-8-29(9-11-31)17-3-2-16(14-25)18(12-17)21(22,23)24/h2-3,12-13,15H,4-11H2,1H3. The molecule has 2 aliphatic heterocycles. The SMILES string of the molecule is CN1CCN(c2cc(N3CCN(c4ccc(C#N)c(C(F)(F)F)c4)CC3)ncn2)CC1. The maximum Gasteiger partial charge on any atom is 0.417 e. The largest absolute Gasteiger partial charge is 0.417 e. The highest BCUT2D eigenvalue weighted by Crippen LogP contribution is 2.34. The molecular weight excluding hydrogens is 407 g/mol. The van der Waals surface area contributed by atoms with E-state index in [-0.39, 0.29) is 5.56 Å². The molecule has 31 heavy (non-hydrogen) atoms. The van der Waals surface area contributed by atoms with Crippen molar-refractivity contribution in [3.05, 3.63) is 41.7 Å². The lowest BCUT2D eigenvalue weighted by molar-refractivity contribution is -0.137. The first-order valence-corrected chi connectivity index (χ1v) is 10.2. The molecule has 4 rings (SSSR count). The molecule has 0 unspecified atom stereocenters. The van der Waals surface area contributed by atoms with E-state index in [9.17, 15) is 13.2 Å². The van der Waals surface area contributed by atoms with E-state index in [0.717, 1.165) is 43.9 Å². The lowest BCUT2D eigenvalue weighted by Crippen LogP contribution is -2.47. The number of piperazine rings is 2.